The number of hydrogen-bond donors (Lipinski definition) is 0. The van der Waals surface area contributed by atoms with Crippen molar-refractivity contribution < 1.29 is 0 Å². The Kier molecular flexibility index (Phi) is 5.67. The first-order valence-electron chi connectivity index (χ1n) is 8.13. The van der Waals surface area contributed by atoms with E-state index in [0.717, 1.165) is 18.7 Å². The highest BCUT2D eigenvalue weighted by Crippen LogP contribution is 2.49. The van der Waals surface area contributed by atoms with E-state index in [9.17, 15) is 0 Å². The number of nitrogens with zero attached hydrogens (tertiary/aromatic N) is 1. The van der Waals surface area contributed by atoms with E-state index in [1.54, 1.807) is 0 Å². The second-order valence-corrected chi connectivity index (χ2v) is 7.54. The lowest BCUT2D eigenvalue weighted by molar-refractivity contribution is 0.273. The topological polar surface area (TPSA) is 3.24 Å². The zero-order valence-electron chi connectivity index (χ0n) is 14.9. The average Bonchev–Trinajstić information content (AvgIpc) is 2.38. The van der Waals surface area contributed by atoms with Crippen LogP contribution in [0.1, 0.15) is 60.8 Å². The Hall–Kier alpha value is -1.24. The van der Waals surface area contributed by atoms with Crippen molar-refractivity contribution >= 4 is 0 Å². The van der Waals surface area contributed by atoms with Gasteiger partial charge >= 0.3 is 0 Å². The summed E-state index contributed by atoms with van der Waals surface area (Å²) in [5.74, 6) is 0. The van der Waals surface area contributed by atoms with E-state index in [1.165, 1.54) is 24.0 Å². The molecule has 1 aliphatic carbocycles. The van der Waals surface area contributed by atoms with Gasteiger partial charge in [0.05, 0.1) is 0 Å². The van der Waals surface area contributed by atoms with E-state index in [4.69, 9.17) is 0 Å². The SMILES string of the molecule is C=CC1=C(/C=C/N(CCC)C(=C)C)C(C)(C)CCC1(C)C. The smallest absolute Gasteiger partial charge is 0.0219 e. The van der Waals surface area contributed by atoms with Crippen LogP contribution in [0.5, 0.6) is 0 Å². The molecular formula is C20H33N. The Balaban J connectivity index is 3.23. The molecule has 0 radical (unpaired) electrons. The van der Waals surface area contributed by atoms with Gasteiger partial charge in [0, 0.05) is 18.4 Å². The minimum Gasteiger partial charge on any atom is -0.352 e. The predicted molar refractivity (Wildman–Crippen MR) is 95.0 cm³/mol. The molecular weight excluding hydrogens is 254 g/mol. The first-order valence-corrected chi connectivity index (χ1v) is 8.13. The van der Waals surface area contributed by atoms with Crippen molar-refractivity contribution in [3.05, 3.63) is 48.4 Å². The molecule has 1 nitrogen and oxygen atoms in total. The minimum absolute atomic E-state index is 0.211. The summed E-state index contributed by atoms with van der Waals surface area (Å²) in [6, 6.07) is 0. The van der Waals surface area contributed by atoms with Gasteiger partial charge in [0.25, 0.3) is 0 Å². The minimum atomic E-state index is 0.211. The fraction of sp³-hybridized carbons (Fsp3) is 0.600. The number of rotatable bonds is 6. The molecule has 118 valence electrons. The van der Waals surface area contributed by atoms with Crippen molar-refractivity contribution in [2.24, 2.45) is 10.8 Å². The molecule has 0 unspecified atom stereocenters. The summed E-state index contributed by atoms with van der Waals surface area (Å²) < 4.78 is 0. The molecule has 0 bridgehead atoms. The normalized spacial score (nSPS) is 20.7. The van der Waals surface area contributed by atoms with Gasteiger partial charge in [-0.2, -0.15) is 0 Å². The molecule has 0 fully saturated rings. The molecule has 0 atom stereocenters. The molecule has 0 aromatic rings. The van der Waals surface area contributed by atoms with Gasteiger partial charge < -0.3 is 4.90 Å². The molecule has 0 spiro atoms. The van der Waals surface area contributed by atoms with Gasteiger partial charge in [0.1, 0.15) is 0 Å². The molecule has 0 aromatic heterocycles. The molecule has 0 heterocycles. The van der Waals surface area contributed by atoms with Crippen molar-refractivity contribution in [2.75, 3.05) is 6.54 Å². The van der Waals surface area contributed by atoms with Crippen LogP contribution in [0, 0.1) is 10.8 Å². The van der Waals surface area contributed by atoms with Crippen LogP contribution in [-0.4, -0.2) is 11.4 Å². The Bertz CT molecular complexity index is 460. The first kappa shape index (κ1) is 17.8. The molecule has 1 heteroatoms. The van der Waals surface area contributed by atoms with Crippen molar-refractivity contribution in [2.45, 2.75) is 60.8 Å². The van der Waals surface area contributed by atoms with Crippen LogP contribution in [-0.2, 0) is 0 Å². The van der Waals surface area contributed by atoms with Crippen LogP contribution in [0.2, 0.25) is 0 Å². The van der Waals surface area contributed by atoms with Gasteiger partial charge in [0.2, 0.25) is 0 Å². The third kappa shape index (κ3) is 4.12. The van der Waals surface area contributed by atoms with Crippen molar-refractivity contribution in [1.82, 2.24) is 4.90 Å². The summed E-state index contributed by atoms with van der Waals surface area (Å²) >= 11 is 0. The van der Waals surface area contributed by atoms with Gasteiger partial charge in [-0.1, -0.05) is 53.9 Å². The van der Waals surface area contributed by atoms with E-state index >= 15 is 0 Å². The third-order valence-electron chi connectivity index (χ3n) is 4.70. The molecule has 0 saturated heterocycles. The molecule has 0 aromatic carbocycles. The van der Waals surface area contributed by atoms with E-state index in [2.05, 4.69) is 78.0 Å². The van der Waals surface area contributed by atoms with Gasteiger partial charge in [-0.05, 0) is 54.2 Å². The van der Waals surface area contributed by atoms with E-state index < -0.39 is 0 Å². The van der Waals surface area contributed by atoms with Crippen molar-refractivity contribution in [3.63, 3.8) is 0 Å². The largest absolute Gasteiger partial charge is 0.352 e. The molecule has 1 aliphatic rings. The van der Waals surface area contributed by atoms with Crippen LogP contribution in [0.3, 0.4) is 0 Å². The van der Waals surface area contributed by atoms with Gasteiger partial charge in [-0.15, -0.1) is 0 Å². The number of hydrogen-bond acceptors (Lipinski definition) is 1. The van der Waals surface area contributed by atoms with Crippen LogP contribution < -0.4 is 0 Å². The van der Waals surface area contributed by atoms with Gasteiger partial charge in [0.15, 0.2) is 0 Å². The summed E-state index contributed by atoms with van der Waals surface area (Å²) in [6.45, 7) is 22.8. The second-order valence-electron chi connectivity index (χ2n) is 7.54. The zero-order chi connectivity index (χ0) is 16.3. The first-order chi connectivity index (χ1) is 9.65. The lowest BCUT2D eigenvalue weighted by atomic mass is 9.63. The van der Waals surface area contributed by atoms with Crippen LogP contribution in [0.15, 0.2) is 48.4 Å². The summed E-state index contributed by atoms with van der Waals surface area (Å²) in [7, 11) is 0. The quantitative estimate of drug-likeness (QED) is 0.572. The van der Waals surface area contributed by atoms with Crippen LogP contribution >= 0.6 is 0 Å². The Morgan fingerprint density at radius 1 is 1.14 bits per heavy atom. The number of allylic oxidation sites excluding steroid dienone is 5. The van der Waals surface area contributed by atoms with Gasteiger partial charge in [-0.25, -0.2) is 0 Å². The standard InChI is InChI=1S/C20H33N/c1-9-14-21(16(3)4)15-11-18-17(10-2)19(5,6)12-13-20(18,7)8/h10-11,15H,2-3,9,12-14H2,1,4-8H3/b15-11+. The van der Waals surface area contributed by atoms with Crippen molar-refractivity contribution in [3.8, 4) is 0 Å². The fourth-order valence-corrected chi connectivity index (χ4v) is 3.12. The summed E-state index contributed by atoms with van der Waals surface area (Å²) in [6.07, 6.45) is 10.1. The molecule has 0 saturated carbocycles. The second kappa shape index (κ2) is 6.68. The maximum absolute atomic E-state index is 4.08. The molecule has 0 N–H and O–H groups in total. The summed E-state index contributed by atoms with van der Waals surface area (Å²) in [4.78, 5) is 2.24. The van der Waals surface area contributed by atoms with E-state index in [0.29, 0.717) is 0 Å². The monoisotopic (exact) mass is 287 g/mol. The third-order valence-corrected chi connectivity index (χ3v) is 4.70. The maximum atomic E-state index is 4.08. The lowest BCUT2D eigenvalue weighted by Crippen LogP contribution is -2.30. The Morgan fingerprint density at radius 3 is 2.10 bits per heavy atom. The van der Waals surface area contributed by atoms with Gasteiger partial charge in [-0.3, -0.25) is 0 Å². The maximum Gasteiger partial charge on any atom is 0.0219 e. The highest BCUT2D eigenvalue weighted by molar-refractivity contribution is 5.42. The predicted octanol–water partition coefficient (Wildman–Crippen LogP) is 6.07. The van der Waals surface area contributed by atoms with Crippen molar-refractivity contribution in [1.29, 1.82) is 0 Å². The Morgan fingerprint density at radius 2 is 1.67 bits per heavy atom. The summed E-state index contributed by atoms with van der Waals surface area (Å²) in [5, 5.41) is 0. The average molecular weight is 287 g/mol. The van der Waals surface area contributed by atoms with Crippen LogP contribution in [0.25, 0.3) is 0 Å². The highest BCUT2D eigenvalue weighted by atomic mass is 15.1. The molecule has 1 rings (SSSR count). The van der Waals surface area contributed by atoms with E-state index in [1.807, 2.05) is 0 Å². The fourth-order valence-electron chi connectivity index (χ4n) is 3.12. The summed E-state index contributed by atoms with van der Waals surface area (Å²) in [5.41, 5.74) is 4.35. The Labute approximate surface area is 132 Å². The molecule has 21 heavy (non-hydrogen) atoms. The van der Waals surface area contributed by atoms with Crippen LogP contribution in [0.4, 0.5) is 0 Å². The molecule has 0 amide bonds. The highest BCUT2D eigenvalue weighted by Gasteiger charge is 2.36. The zero-order valence-corrected chi connectivity index (χ0v) is 14.9. The molecule has 0 aliphatic heterocycles. The lowest BCUT2D eigenvalue weighted by Gasteiger charge is -2.42. The van der Waals surface area contributed by atoms with E-state index in [-0.39, 0.29) is 10.8 Å².